The molecule has 23 heteroatoms. The highest BCUT2D eigenvalue weighted by molar-refractivity contribution is 5.75. The topological polar surface area (TPSA) is 320 Å². The van der Waals surface area contributed by atoms with Gasteiger partial charge in [0.05, 0.1) is 40.0 Å². The molecule has 0 aliphatic heterocycles. The Labute approximate surface area is 490 Å². The van der Waals surface area contributed by atoms with Gasteiger partial charge in [-0.1, -0.05) is 123 Å². The third kappa shape index (κ3) is 19.4. The fourth-order valence-corrected chi connectivity index (χ4v) is 7.30. The number of para-hydroxylation sites is 2. The first kappa shape index (κ1) is 63.8. The van der Waals surface area contributed by atoms with Crippen LogP contribution in [0.15, 0.2) is 117 Å². The summed E-state index contributed by atoms with van der Waals surface area (Å²) >= 11 is 0. The van der Waals surface area contributed by atoms with Gasteiger partial charge in [0.1, 0.15) is 58.9 Å². The summed E-state index contributed by atoms with van der Waals surface area (Å²) in [7, 11) is 0. The summed E-state index contributed by atoms with van der Waals surface area (Å²) in [6.45, 7) is 33.7. The lowest BCUT2D eigenvalue weighted by atomic mass is 10.1. The van der Waals surface area contributed by atoms with E-state index in [-0.39, 0.29) is 0 Å². The van der Waals surface area contributed by atoms with Crippen molar-refractivity contribution < 1.29 is 0 Å². The van der Waals surface area contributed by atoms with Crippen molar-refractivity contribution in [2.24, 2.45) is 0 Å². The number of pyridine rings is 2. The van der Waals surface area contributed by atoms with Crippen LogP contribution >= 0.6 is 0 Å². The maximum atomic E-state index is 4.46. The highest BCUT2D eigenvalue weighted by Gasteiger charge is 2.10. The standard InChI is InChI=1S/C10H12N2.2C9H11N3.2C8H10N4.2C6H10N2.C5H9N3/c1-7(2)10-11-8-5-3-4-6-9(8)12-10;1-6(2)9-11-7-3-4-10-5-8(7)12-9;1-6(2)8-11-7-4-3-5-10-9(7)12-8;1-5(2)7-11-6-3-9-4-10-8(6)12-7;1-5(2)6-11-7-8(12-6)10-4-3-9-7;1-5(2)6-7-3-4-8-6;1-5(2)6-3-4-7-8-6;1-4(2)5-6-3-7-8-5/h3-7H,1-2H3,(H,11,12);3-6H,1-2H3,(H,11,12);3-6H,1-2H3,(H,10,11,12);2*3-5H,1-2H3,(H,9,10,11,12);2*3-5H,1-2H3,(H,7,8);3-4H,1-2H3,(H,6,7,8). The van der Waals surface area contributed by atoms with E-state index >= 15 is 0 Å². The van der Waals surface area contributed by atoms with Crippen LogP contribution in [-0.4, -0.2) is 115 Å². The molecule has 0 bridgehead atoms. The molecule has 0 spiro atoms. The number of fused-ring (bicyclic) bond motifs is 5. The zero-order valence-electron chi connectivity index (χ0n) is 51.3. The molecule has 0 aliphatic carbocycles. The smallest absolute Gasteiger partial charge is 0.197 e. The van der Waals surface area contributed by atoms with Crippen molar-refractivity contribution in [3.8, 4) is 0 Å². The normalized spacial score (nSPS) is 11.0. The Morgan fingerprint density at radius 3 is 1.36 bits per heavy atom. The van der Waals surface area contributed by atoms with Crippen LogP contribution in [0.25, 0.3) is 55.7 Å². The lowest BCUT2D eigenvalue weighted by molar-refractivity contribution is 0.781. The summed E-state index contributed by atoms with van der Waals surface area (Å²) in [5.41, 5.74) is 10.3. The molecule has 0 saturated carbocycles. The van der Waals surface area contributed by atoms with Gasteiger partial charge in [-0.3, -0.25) is 15.2 Å². The number of benzene rings is 1. The van der Waals surface area contributed by atoms with Gasteiger partial charge in [-0.2, -0.15) is 10.2 Å². The van der Waals surface area contributed by atoms with Crippen LogP contribution in [-0.2, 0) is 0 Å². The molecule has 0 saturated heterocycles. The van der Waals surface area contributed by atoms with Crippen molar-refractivity contribution in [2.75, 3.05) is 0 Å². The molecule has 8 N–H and O–H groups in total. The van der Waals surface area contributed by atoms with Gasteiger partial charge in [0, 0.05) is 90.5 Å². The minimum absolute atomic E-state index is 0.390. The van der Waals surface area contributed by atoms with E-state index in [2.05, 4.69) is 226 Å². The highest BCUT2D eigenvalue weighted by atomic mass is 15.2. The summed E-state index contributed by atoms with van der Waals surface area (Å²) in [6.07, 6.45) is 18.8. The molecule has 12 heterocycles. The molecule has 0 amide bonds. The van der Waals surface area contributed by atoms with Gasteiger partial charge in [0.15, 0.2) is 22.6 Å². The number of nitrogens with one attached hydrogen (secondary N) is 8. The molecule has 0 atom stereocenters. The second-order valence-corrected chi connectivity index (χ2v) is 22.0. The van der Waals surface area contributed by atoms with Crippen LogP contribution < -0.4 is 0 Å². The fourth-order valence-electron chi connectivity index (χ4n) is 7.30. The SMILES string of the molecule is CC(C)c1ccn[nH]1.CC(C)c1nc2ccccc2[nH]1.CC(C)c1nc2ccncc2[nH]1.CC(C)c1nc2ncccc2[nH]1.CC(C)c1nc2nccnc2[nH]1.CC(C)c1nc2ncncc2[nH]1.CC(C)c1ncc[nH]1.CC(C)c1ncn[nH]1. The summed E-state index contributed by atoms with van der Waals surface area (Å²) < 4.78 is 0. The lowest BCUT2D eigenvalue weighted by Gasteiger charge is -1.95. The second kappa shape index (κ2) is 31.7. The molecule has 442 valence electrons. The predicted octanol–water partition coefficient (Wildman–Crippen LogP) is 13.8. The van der Waals surface area contributed by atoms with E-state index in [1.165, 1.54) is 18.3 Å². The Bertz CT molecular complexity index is 3140. The first-order valence-electron chi connectivity index (χ1n) is 28.5. The molecular formula is C61H83N23. The van der Waals surface area contributed by atoms with Gasteiger partial charge >= 0.3 is 0 Å². The Kier molecular flexibility index (Phi) is 24.1. The third-order valence-corrected chi connectivity index (χ3v) is 12.2. The second-order valence-electron chi connectivity index (χ2n) is 22.0. The molecule has 23 nitrogen and oxygen atoms in total. The van der Waals surface area contributed by atoms with Crippen LogP contribution in [0.2, 0.25) is 0 Å². The van der Waals surface area contributed by atoms with Crippen molar-refractivity contribution in [1.82, 2.24) is 115 Å². The van der Waals surface area contributed by atoms with Gasteiger partial charge in [0.2, 0.25) is 0 Å². The van der Waals surface area contributed by atoms with Crippen LogP contribution in [0.4, 0.5) is 0 Å². The minimum atomic E-state index is 0.390. The maximum absolute atomic E-state index is 4.46. The van der Waals surface area contributed by atoms with Gasteiger partial charge in [-0.15, -0.1) is 0 Å². The molecule has 0 fully saturated rings. The Balaban J connectivity index is 0.000000155. The first-order chi connectivity index (χ1) is 40.3. The van der Waals surface area contributed by atoms with Crippen molar-refractivity contribution >= 4 is 55.7 Å². The molecule has 13 aromatic rings. The van der Waals surface area contributed by atoms with Gasteiger partial charge in [0.25, 0.3) is 0 Å². The minimum Gasteiger partial charge on any atom is -0.348 e. The van der Waals surface area contributed by atoms with E-state index in [1.807, 2.05) is 54.7 Å². The van der Waals surface area contributed by atoms with E-state index in [4.69, 9.17) is 0 Å². The molecular weight excluding hydrogens is 1050 g/mol. The average molecular weight is 1140 g/mol. The summed E-state index contributed by atoms with van der Waals surface area (Å²) in [4.78, 5) is 73.1. The summed E-state index contributed by atoms with van der Waals surface area (Å²) in [5, 5.41) is 13.2. The number of hydrogen-bond acceptors (Lipinski definition) is 15. The lowest BCUT2D eigenvalue weighted by Crippen LogP contribution is -1.88. The Morgan fingerprint density at radius 1 is 0.321 bits per heavy atom. The molecule has 84 heavy (non-hydrogen) atoms. The zero-order valence-corrected chi connectivity index (χ0v) is 51.3. The van der Waals surface area contributed by atoms with E-state index in [1.54, 1.807) is 49.6 Å². The van der Waals surface area contributed by atoms with Crippen molar-refractivity contribution in [3.63, 3.8) is 0 Å². The highest BCUT2D eigenvalue weighted by Crippen LogP contribution is 2.19. The number of nitrogens with zero attached hydrogens (tertiary/aromatic N) is 15. The van der Waals surface area contributed by atoms with Crippen LogP contribution in [0, 0.1) is 0 Å². The van der Waals surface area contributed by atoms with Crippen LogP contribution in [0.5, 0.6) is 0 Å². The summed E-state index contributed by atoms with van der Waals surface area (Å²) in [5.74, 6) is 10.7. The van der Waals surface area contributed by atoms with Gasteiger partial charge < -0.3 is 29.9 Å². The van der Waals surface area contributed by atoms with E-state index < -0.39 is 0 Å². The summed E-state index contributed by atoms with van der Waals surface area (Å²) in [6, 6.07) is 15.9. The number of hydrogen-bond donors (Lipinski definition) is 8. The van der Waals surface area contributed by atoms with Crippen LogP contribution in [0.3, 0.4) is 0 Å². The van der Waals surface area contributed by atoms with E-state index in [9.17, 15) is 0 Å². The number of aromatic nitrogens is 23. The van der Waals surface area contributed by atoms with Crippen molar-refractivity contribution in [2.45, 2.75) is 158 Å². The number of rotatable bonds is 8. The van der Waals surface area contributed by atoms with Crippen molar-refractivity contribution in [1.29, 1.82) is 0 Å². The van der Waals surface area contributed by atoms with E-state index in [0.29, 0.717) is 53.0 Å². The monoisotopic (exact) mass is 1140 g/mol. The fraction of sp³-hybridized carbons (Fsp3) is 0.393. The van der Waals surface area contributed by atoms with Gasteiger partial charge in [-0.25, -0.2) is 59.8 Å². The molecule has 13 rings (SSSR count). The maximum Gasteiger partial charge on any atom is 0.197 e. The third-order valence-electron chi connectivity index (χ3n) is 12.2. The Hall–Kier alpha value is -9.41. The number of aromatic amines is 8. The quantitative estimate of drug-likeness (QED) is 0.0701. The molecule has 0 aliphatic rings. The molecule has 0 unspecified atom stereocenters. The first-order valence-corrected chi connectivity index (χ1v) is 28.5. The van der Waals surface area contributed by atoms with E-state index in [0.717, 1.165) is 90.8 Å². The molecule has 1 aromatic carbocycles. The molecule has 0 radical (unpaired) electrons. The number of H-pyrrole nitrogens is 8. The zero-order chi connectivity index (χ0) is 60.7. The largest absolute Gasteiger partial charge is 0.348 e. The van der Waals surface area contributed by atoms with Crippen LogP contribution in [0.1, 0.15) is 205 Å². The molecule has 12 aromatic heterocycles. The van der Waals surface area contributed by atoms with Crippen molar-refractivity contribution in [3.05, 3.63) is 163 Å². The predicted molar refractivity (Wildman–Crippen MR) is 334 cm³/mol. The average Bonchev–Trinajstić information content (AvgIpc) is 4.47. The number of imidazole rings is 6. The van der Waals surface area contributed by atoms with Gasteiger partial charge in [-0.05, 0) is 42.3 Å². The Morgan fingerprint density at radius 2 is 0.857 bits per heavy atom.